The van der Waals surface area contributed by atoms with Gasteiger partial charge in [0.1, 0.15) is 5.82 Å². The van der Waals surface area contributed by atoms with Crippen LogP contribution in [0.3, 0.4) is 0 Å². The molecule has 144 valence electrons. The fraction of sp³-hybridized carbons (Fsp3) is 0.842. The molecular weight excluding hydrogens is 312 g/mol. The van der Waals surface area contributed by atoms with Gasteiger partial charge in [-0.25, -0.2) is 0 Å². The average molecular weight is 351 g/mol. The smallest absolute Gasteiger partial charge is 0.230 e. The van der Waals surface area contributed by atoms with E-state index in [1.54, 1.807) is 0 Å². The first kappa shape index (κ1) is 21.6. The van der Waals surface area contributed by atoms with Gasteiger partial charge in [-0.05, 0) is 26.4 Å². The van der Waals surface area contributed by atoms with Crippen molar-refractivity contribution >= 4 is 11.9 Å². The zero-order chi connectivity index (χ0) is 18.5. The van der Waals surface area contributed by atoms with Crippen molar-refractivity contribution in [2.45, 2.75) is 66.2 Å². The van der Waals surface area contributed by atoms with Gasteiger partial charge >= 0.3 is 0 Å². The Bertz CT molecular complexity index is 461. The standard InChI is InChI=1S/C19H38N6/c1-6-9-10-11-12-13-15-24(5)19-22-17(4)21-18(23-19)20-14-16-25(7-2)8-3/h6-16H2,1-5H3,(H,20,21,22,23). The van der Waals surface area contributed by atoms with E-state index in [1.807, 2.05) is 6.92 Å². The number of likely N-dealkylation sites (N-methyl/N-ethyl adjacent to an activating group) is 1. The van der Waals surface area contributed by atoms with Crippen LogP contribution in [0.4, 0.5) is 11.9 Å². The fourth-order valence-electron chi connectivity index (χ4n) is 2.81. The van der Waals surface area contributed by atoms with Gasteiger partial charge in [0.15, 0.2) is 0 Å². The van der Waals surface area contributed by atoms with Crippen molar-refractivity contribution < 1.29 is 0 Å². The number of hydrogen-bond acceptors (Lipinski definition) is 6. The van der Waals surface area contributed by atoms with Gasteiger partial charge in [-0.2, -0.15) is 15.0 Å². The highest BCUT2D eigenvalue weighted by atomic mass is 15.3. The zero-order valence-corrected chi connectivity index (χ0v) is 17.0. The Balaban J connectivity index is 2.44. The predicted octanol–water partition coefficient (Wildman–Crippen LogP) is 3.73. The number of anilines is 2. The van der Waals surface area contributed by atoms with Crippen molar-refractivity contribution in [3.05, 3.63) is 5.82 Å². The summed E-state index contributed by atoms with van der Waals surface area (Å²) in [7, 11) is 2.07. The lowest BCUT2D eigenvalue weighted by atomic mass is 10.1. The lowest BCUT2D eigenvalue weighted by molar-refractivity contribution is 0.316. The van der Waals surface area contributed by atoms with E-state index in [0.29, 0.717) is 5.95 Å². The third kappa shape index (κ3) is 9.00. The SMILES string of the molecule is CCCCCCCCN(C)c1nc(C)nc(NCCN(CC)CC)n1. The van der Waals surface area contributed by atoms with Crippen molar-refractivity contribution in [1.29, 1.82) is 0 Å². The van der Waals surface area contributed by atoms with Crippen LogP contribution in [0.15, 0.2) is 0 Å². The summed E-state index contributed by atoms with van der Waals surface area (Å²) in [6.45, 7) is 13.5. The maximum absolute atomic E-state index is 4.58. The Kier molecular flexibility index (Phi) is 11.1. The number of hydrogen-bond donors (Lipinski definition) is 1. The Morgan fingerprint density at radius 2 is 1.52 bits per heavy atom. The van der Waals surface area contributed by atoms with Crippen LogP contribution in [0.1, 0.15) is 65.1 Å². The molecule has 0 saturated carbocycles. The summed E-state index contributed by atoms with van der Waals surface area (Å²) in [5, 5.41) is 3.34. The predicted molar refractivity (Wildman–Crippen MR) is 107 cm³/mol. The third-order valence-electron chi connectivity index (χ3n) is 4.53. The van der Waals surface area contributed by atoms with Crippen LogP contribution in [-0.4, -0.2) is 59.6 Å². The van der Waals surface area contributed by atoms with Crippen molar-refractivity contribution in [1.82, 2.24) is 19.9 Å². The molecule has 25 heavy (non-hydrogen) atoms. The largest absolute Gasteiger partial charge is 0.353 e. The maximum atomic E-state index is 4.58. The van der Waals surface area contributed by atoms with Gasteiger partial charge in [0.05, 0.1) is 0 Å². The van der Waals surface area contributed by atoms with Crippen molar-refractivity contribution in [2.75, 3.05) is 50.0 Å². The summed E-state index contributed by atoms with van der Waals surface area (Å²) < 4.78 is 0. The number of nitrogens with one attached hydrogen (secondary N) is 1. The van der Waals surface area contributed by atoms with E-state index < -0.39 is 0 Å². The van der Waals surface area contributed by atoms with E-state index in [1.165, 1.54) is 38.5 Å². The molecule has 0 fully saturated rings. The molecular formula is C19H38N6. The van der Waals surface area contributed by atoms with Crippen LogP contribution in [0.2, 0.25) is 0 Å². The molecule has 0 unspecified atom stereocenters. The first-order valence-electron chi connectivity index (χ1n) is 10.0. The Morgan fingerprint density at radius 3 is 2.20 bits per heavy atom. The van der Waals surface area contributed by atoms with Crippen LogP contribution in [-0.2, 0) is 0 Å². The van der Waals surface area contributed by atoms with Crippen molar-refractivity contribution in [3.63, 3.8) is 0 Å². The molecule has 0 aromatic carbocycles. The second-order valence-electron chi connectivity index (χ2n) is 6.65. The molecule has 0 aliphatic rings. The molecule has 1 N–H and O–H groups in total. The molecule has 1 heterocycles. The Hall–Kier alpha value is -1.43. The molecule has 1 aromatic rings. The number of nitrogens with zero attached hydrogens (tertiary/aromatic N) is 5. The summed E-state index contributed by atoms with van der Waals surface area (Å²) >= 11 is 0. The van der Waals surface area contributed by atoms with E-state index in [-0.39, 0.29) is 0 Å². The molecule has 0 aliphatic carbocycles. The number of unbranched alkanes of at least 4 members (excludes halogenated alkanes) is 5. The molecule has 0 aliphatic heterocycles. The average Bonchev–Trinajstić information content (AvgIpc) is 2.61. The minimum absolute atomic E-state index is 0.685. The number of aromatic nitrogens is 3. The van der Waals surface area contributed by atoms with Gasteiger partial charge in [0.2, 0.25) is 11.9 Å². The molecule has 0 spiro atoms. The van der Waals surface area contributed by atoms with Crippen LogP contribution in [0.25, 0.3) is 0 Å². The Morgan fingerprint density at radius 1 is 0.840 bits per heavy atom. The molecule has 0 amide bonds. The fourth-order valence-corrected chi connectivity index (χ4v) is 2.81. The molecule has 1 rings (SSSR count). The monoisotopic (exact) mass is 350 g/mol. The zero-order valence-electron chi connectivity index (χ0n) is 17.0. The van der Waals surface area contributed by atoms with Crippen LogP contribution in [0, 0.1) is 6.92 Å². The summed E-state index contributed by atoms with van der Waals surface area (Å²) in [5.41, 5.74) is 0. The van der Waals surface area contributed by atoms with Crippen LogP contribution >= 0.6 is 0 Å². The molecule has 0 saturated heterocycles. The minimum Gasteiger partial charge on any atom is -0.353 e. The molecule has 0 bridgehead atoms. The topological polar surface area (TPSA) is 57.2 Å². The molecule has 0 radical (unpaired) electrons. The van der Waals surface area contributed by atoms with Gasteiger partial charge in [-0.1, -0.05) is 52.9 Å². The number of rotatable bonds is 14. The second kappa shape index (κ2) is 12.9. The highest BCUT2D eigenvalue weighted by Gasteiger charge is 2.08. The summed E-state index contributed by atoms with van der Waals surface area (Å²) in [6, 6.07) is 0. The Labute approximate surface area is 154 Å². The quantitative estimate of drug-likeness (QED) is 0.516. The van der Waals surface area contributed by atoms with E-state index in [4.69, 9.17) is 0 Å². The summed E-state index contributed by atoms with van der Waals surface area (Å²) in [5.74, 6) is 2.22. The highest BCUT2D eigenvalue weighted by Crippen LogP contribution is 2.11. The van der Waals surface area contributed by atoms with Gasteiger partial charge < -0.3 is 15.1 Å². The first-order valence-corrected chi connectivity index (χ1v) is 10.0. The molecule has 6 nitrogen and oxygen atoms in total. The van der Waals surface area contributed by atoms with Crippen molar-refractivity contribution in [3.8, 4) is 0 Å². The van der Waals surface area contributed by atoms with Gasteiger partial charge in [-0.3, -0.25) is 0 Å². The summed E-state index contributed by atoms with van der Waals surface area (Å²) in [6.07, 6.45) is 7.81. The van der Waals surface area contributed by atoms with Gasteiger partial charge in [-0.15, -0.1) is 0 Å². The van der Waals surface area contributed by atoms with Crippen LogP contribution in [0.5, 0.6) is 0 Å². The third-order valence-corrected chi connectivity index (χ3v) is 4.53. The lowest BCUT2D eigenvalue weighted by Crippen LogP contribution is -2.29. The van der Waals surface area contributed by atoms with Crippen LogP contribution < -0.4 is 10.2 Å². The van der Waals surface area contributed by atoms with E-state index in [2.05, 4.69) is 57.9 Å². The van der Waals surface area contributed by atoms with E-state index in [0.717, 1.165) is 44.5 Å². The van der Waals surface area contributed by atoms with E-state index in [9.17, 15) is 0 Å². The lowest BCUT2D eigenvalue weighted by Gasteiger charge is -2.19. The van der Waals surface area contributed by atoms with E-state index >= 15 is 0 Å². The maximum Gasteiger partial charge on any atom is 0.230 e. The highest BCUT2D eigenvalue weighted by molar-refractivity contribution is 5.36. The molecule has 0 atom stereocenters. The van der Waals surface area contributed by atoms with Gasteiger partial charge in [0, 0.05) is 26.7 Å². The summed E-state index contributed by atoms with van der Waals surface area (Å²) in [4.78, 5) is 18.0. The minimum atomic E-state index is 0.685. The number of aryl methyl sites for hydroxylation is 1. The molecule has 1 aromatic heterocycles. The second-order valence-corrected chi connectivity index (χ2v) is 6.65. The normalized spacial score (nSPS) is 11.1. The first-order chi connectivity index (χ1) is 12.1. The van der Waals surface area contributed by atoms with Crippen molar-refractivity contribution in [2.24, 2.45) is 0 Å². The van der Waals surface area contributed by atoms with Gasteiger partial charge in [0.25, 0.3) is 0 Å². The molecule has 6 heteroatoms.